The Morgan fingerprint density at radius 3 is 2.08 bits per heavy atom. The van der Waals surface area contributed by atoms with Crippen LogP contribution in [0.5, 0.6) is 5.75 Å². The molecule has 0 fully saturated rings. The molecule has 1 N–H and O–H groups in total. The maximum absolute atomic E-state index is 12.2. The summed E-state index contributed by atoms with van der Waals surface area (Å²) < 4.78 is 10.7. The molecule has 0 saturated heterocycles. The molecule has 0 aliphatic carbocycles. The molecule has 132 valence electrons. The summed E-state index contributed by atoms with van der Waals surface area (Å²) in [6.45, 7) is 7.26. The van der Waals surface area contributed by atoms with Crippen molar-refractivity contribution < 1.29 is 19.1 Å². The van der Waals surface area contributed by atoms with Crippen molar-refractivity contribution in [3.8, 4) is 5.75 Å². The van der Waals surface area contributed by atoms with E-state index in [9.17, 15) is 9.59 Å². The van der Waals surface area contributed by atoms with E-state index in [0.717, 1.165) is 5.56 Å². The number of amides is 1. The molecule has 0 aromatic heterocycles. The summed E-state index contributed by atoms with van der Waals surface area (Å²) in [4.78, 5) is 24.0. The topological polar surface area (TPSA) is 64.6 Å². The van der Waals surface area contributed by atoms with Crippen LogP contribution < -0.4 is 10.1 Å². The Labute approximate surface area is 148 Å². The summed E-state index contributed by atoms with van der Waals surface area (Å²) in [6, 6.07) is 14.1. The van der Waals surface area contributed by atoms with Crippen LogP contribution in [0.15, 0.2) is 48.5 Å². The predicted octanol–water partition coefficient (Wildman–Crippen LogP) is 3.97. The summed E-state index contributed by atoms with van der Waals surface area (Å²) in [5, 5.41) is 2.76. The van der Waals surface area contributed by atoms with E-state index in [1.165, 1.54) is 0 Å². The fraction of sp³-hybridized carbons (Fsp3) is 0.300. The van der Waals surface area contributed by atoms with Gasteiger partial charge in [-0.2, -0.15) is 0 Å². The van der Waals surface area contributed by atoms with Gasteiger partial charge in [-0.1, -0.05) is 17.7 Å². The average molecular weight is 341 g/mol. The second-order valence-corrected chi connectivity index (χ2v) is 6.09. The maximum Gasteiger partial charge on any atom is 0.338 e. The van der Waals surface area contributed by atoms with Gasteiger partial charge in [-0.25, -0.2) is 4.79 Å². The Hall–Kier alpha value is -2.82. The van der Waals surface area contributed by atoms with Crippen molar-refractivity contribution >= 4 is 17.6 Å². The molecule has 2 aromatic rings. The molecule has 0 aliphatic heterocycles. The Bertz CT molecular complexity index is 720. The highest BCUT2D eigenvalue weighted by molar-refractivity contribution is 5.95. The molecule has 0 aliphatic rings. The van der Waals surface area contributed by atoms with Gasteiger partial charge in [-0.15, -0.1) is 0 Å². The molecule has 0 spiro atoms. The first-order valence-electron chi connectivity index (χ1n) is 8.20. The van der Waals surface area contributed by atoms with Gasteiger partial charge in [0.2, 0.25) is 0 Å². The van der Waals surface area contributed by atoms with Crippen molar-refractivity contribution in [2.75, 3.05) is 5.32 Å². The molecule has 2 aromatic carbocycles. The van der Waals surface area contributed by atoms with Gasteiger partial charge in [-0.3, -0.25) is 4.79 Å². The van der Waals surface area contributed by atoms with Crippen LogP contribution in [0.4, 0.5) is 5.69 Å². The van der Waals surface area contributed by atoms with Crippen molar-refractivity contribution in [1.29, 1.82) is 0 Å². The van der Waals surface area contributed by atoms with E-state index in [4.69, 9.17) is 9.47 Å². The van der Waals surface area contributed by atoms with Gasteiger partial charge in [0, 0.05) is 5.69 Å². The molecule has 0 saturated carbocycles. The number of ether oxygens (including phenoxy) is 2. The number of aryl methyl sites for hydroxylation is 1. The van der Waals surface area contributed by atoms with E-state index in [1.807, 2.05) is 31.2 Å². The van der Waals surface area contributed by atoms with Crippen LogP contribution in [0.25, 0.3) is 0 Å². The average Bonchev–Trinajstić information content (AvgIpc) is 2.57. The first-order valence-corrected chi connectivity index (χ1v) is 8.20. The van der Waals surface area contributed by atoms with Crippen molar-refractivity contribution in [3.63, 3.8) is 0 Å². The molecule has 1 atom stereocenters. The van der Waals surface area contributed by atoms with Crippen molar-refractivity contribution in [2.45, 2.75) is 39.9 Å². The van der Waals surface area contributed by atoms with E-state index in [1.54, 1.807) is 45.0 Å². The molecule has 0 heterocycles. The van der Waals surface area contributed by atoms with Gasteiger partial charge < -0.3 is 14.8 Å². The Morgan fingerprint density at radius 1 is 0.920 bits per heavy atom. The van der Waals surface area contributed by atoms with Crippen LogP contribution in [-0.2, 0) is 9.53 Å². The van der Waals surface area contributed by atoms with Crippen LogP contribution in [-0.4, -0.2) is 24.1 Å². The normalized spacial score (nSPS) is 11.7. The molecule has 5 nitrogen and oxygen atoms in total. The van der Waals surface area contributed by atoms with Gasteiger partial charge in [0.25, 0.3) is 5.91 Å². The van der Waals surface area contributed by atoms with Crippen LogP contribution in [0.1, 0.15) is 36.7 Å². The molecule has 25 heavy (non-hydrogen) atoms. The predicted molar refractivity (Wildman–Crippen MR) is 96.9 cm³/mol. The monoisotopic (exact) mass is 341 g/mol. The smallest absolute Gasteiger partial charge is 0.338 e. The van der Waals surface area contributed by atoms with Crippen molar-refractivity contribution in [2.24, 2.45) is 0 Å². The molecule has 0 radical (unpaired) electrons. The molecule has 1 unspecified atom stereocenters. The fourth-order valence-corrected chi connectivity index (χ4v) is 2.09. The lowest BCUT2D eigenvalue weighted by Crippen LogP contribution is -2.30. The lowest BCUT2D eigenvalue weighted by Gasteiger charge is -2.15. The summed E-state index contributed by atoms with van der Waals surface area (Å²) in [7, 11) is 0. The third-order valence-electron chi connectivity index (χ3n) is 3.43. The lowest BCUT2D eigenvalue weighted by molar-refractivity contribution is -0.122. The number of nitrogens with one attached hydrogen (secondary N) is 1. The summed E-state index contributed by atoms with van der Waals surface area (Å²) in [5.41, 5.74) is 2.15. The van der Waals surface area contributed by atoms with E-state index >= 15 is 0 Å². The second-order valence-electron chi connectivity index (χ2n) is 6.09. The number of anilines is 1. The highest BCUT2D eigenvalue weighted by atomic mass is 16.5. The number of benzene rings is 2. The lowest BCUT2D eigenvalue weighted by atomic mass is 10.2. The standard InChI is InChI=1S/C20H23NO4/c1-13(2)24-20(23)16-7-9-17(10-8-16)21-19(22)15(4)25-18-11-5-14(3)6-12-18/h5-13,15H,1-4H3,(H,21,22). The van der Waals surface area contributed by atoms with Gasteiger partial charge in [0.05, 0.1) is 11.7 Å². The molecule has 2 rings (SSSR count). The quantitative estimate of drug-likeness (QED) is 0.808. The van der Waals surface area contributed by atoms with Crippen LogP contribution >= 0.6 is 0 Å². The van der Waals surface area contributed by atoms with Crippen LogP contribution in [0.2, 0.25) is 0 Å². The molecule has 0 bridgehead atoms. The largest absolute Gasteiger partial charge is 0.481 e. The van der Waals surface area contributed by atoms with Crippen molar-refractivity contribution in [1.82, 2.24) is 0 Å². The van der Waals surface area contributed by atoms with E-state index in [2.05, 4.69) is 5.32 Å². The highest BCUT2D eigenvalue weighted by Gasteiger charge is 2.15. The minimum Gasteiger partial charge on any atom is -0.481 e. The zero-order valence-corrected chi connectivity index (χ0v) is 14.9. The van der Waals surface area contributed by atoms with Crippen LogP contribution in [0, 0.1) is 6.92 Å². The number of rotatable bonds is 6. The molecule has 5 heteroatoms. The Balaban J connectivity index is 1.93. The minimum atomic E-state index is -0.645. The van der Waals surface area contributed by atoms with Gasteiger partial charge in [-0.05, 0) is 64.1 Å². The maximum atomic E-state index is 12.2. The number of carbonyl (C=O) groups excluding carboxylic acids is 2. The SMILES string of the molecule is Cc1ccc(OC(C)C(=O)Nc2ccc(C(=O)OC(C)C)cc2)cc1. The number of hydrogen-bond acceptors (Lipinski definition) is 4. The molecule has 1 amide bonds. The zero-order valence-electron chi connectivity index (χ0n) is 14.9. The van der Waals surface area contributed by atoms with Gasteiger partial charge in [0.1, 0.15) is 5.75 Å². The molecular weight excluding hydrogens is 318 g/mol. The number of carbonyl (C=O) groups is 2. The van der Waals surface area contributed by atoms with Gasteiger partial charge >= 0.3 is 5.97 Å². The van der Waals surface area contributed by atoms with E-state index in [0.29, 0.717) is 17.0 Å². The Kier molecular flexibility index (Phi) is 6.17. The summed E-state index contributed by atoms with van der Waals surface area (Å²) in [6.07, 6.45) is -0.819. The summed E-state index contributed by atoms with van der Waals surface area (Å²) in [5.74, 6) is -0.0120. The zero-order chi connectivity index (χ0) is 18.4. The van der Waals surface area contributed by atoms with E-state index < -0.39 is 6.10 Å². The fourth-order valence-electron chi connectivity index (χ4n) is 2.09. The van der Waals surface area contributed by atoms with Crippen molar-refractivity contribution in [3.05, 3.63) is 59.7 Å². The molecular formula is C20H23NO4. The Morgan fingerprint density at radius 2 is 1.52 bits per heavy atom. The third kappa shape index (κ3) is 5.64. The van der Waals surface area contributed by atoms with E-state index in [-0.39, 0.29) is 18.0 Å². The second kappa shape index (κ2) is 8.33. The number of hydrogen-bond donors (Lipinski definition) is 1. The number of esters is 1. The van der Waals surface area contributed by atoms with Crippen LogP contribution in [0.3, 0.4) is 0 Å². The highest BCUT2D eigenvalue weighted by Crippen LogP contribution is 2.15. The first kappa shape index (κ1) is 18.5. The first-order chi connectivity index (χ1) is 11.8. The summed E-state index contributed by atoms with van der Waals surface area (Å²) >= 11 is 0. The minimum absolute atomic E-state index is 0.174. The van der Waals surface area contributed by atoms with Gasteiger partial charge in [0.15, 0.2) is 6.10 Å². The third-order valence-corrected chi connectivity index (χ3v) is 3.43.